The van der Waals surface area contributed by atoms with Crippen LogP contribution in [-0.4, -0.2) is 63.7 Å². The zero-order chi connectivity index (χ0) is 30.2. The third-order valence-corrected chi connectivity index (χ3v) is 7.43. The molecule has 0 saturated heterocycles. The summed E-state index contributed by atoms with van der Waals surface area (Å²) >= 11 is 0. The standard InChI is InChI=1S/C31H39N3O6S/c1-31(2,3)32-30(36)27(19-23-13-9-7-10-14-23)33(21-24-15-11-8-12-16-24)29(35)22-34(41(6,37)38)26-20-25(39-4)17-18-28(26)40-5/h7-18,20,27H,19,21-22H2,1-6H3,(H,32,36)/t27-/m1/s1. The third kappa shape index (κ3) is 8.97. The Hall–Kier alpha value is -4.05. The number of amides is 2. The number of carbonyl (C=O) groups excluding carboxylic acids is 2. The number of carbonyl (C=O) groups is 2. The minimum Gasteiger partial charge on any atom is -0.497 e. The fraction of sp³-hybridized carbons (Fsp3) is 0.355. The summed E-state index contributed by atoms with van der Waals surface area (Å²) in [6.45, 7) is 5.15. The van der Waals surface area contributed by atoms with Gasteiger partial charge in [-0.3, -0.25) is 13.9 Å². The van der Waals surface area contributed by atoms with Gasteiger partial charge in [0.15, 0.2) is 0 Å². The molecule has 0 spiro atoms. The number of anilines is 1. The van der Waals surface area contributed by atoms with Crippen molar-refractivity contribution in [3.8, 4) is 11.5 Å². The predicted molar refractivity (Wildman–Crippen MR) is 161 cm³/mol. The van der Waals surface area contributed by atoms with Crippen LogP contribution in [0.2, 0.25) is 0 Å². The largest absolute Gasteiger partial charge is 0.497 e. The quantitative estimate of drug-likeness (QED) is 0.346. The number of rotatable bonds is 12. The molecular weight excluding hydrogens is 542 g/mol. The van der Waals surface area contributed by atoms with Crippen LogP contribution < -0.4 is 19.1 Å². The molecular formula is C31H39N3O6S. The van der Waals surface area contributed by atoms with E-state index in [9.17, 15) is 18.0 Å². The molecule has 1 atom stereocenters. The molecule has 41 heavy (non-hydrogen) atoms. The average Bonchev–Trinajstić information content (AvgIpc) is 2.92. The Morgan fingerprint density at radius 2 is 1.46 bits per heavy atom. The molecule has 1 N–H and O–H groups in total. The Morgan fingerprint density at radius 3 is 1.98 bits per heavy atom. The maximum absolute atomic E-state index is 14.2. The van der Waals surface area contributed by atoms with E-state index in [1.165, 1.54) is 25.2 Å². The molecule has 0 aliphatic rings. The fourth-order valence-corrected chi connectivity index (χ4v) is 5.22. The van der Waals surface area contributed by atoms with Crippen LogP contribution >= 0.6 is 0 Å². The summed E-state index contributed by atoms with van der Waals surface area (Å²) in [6.07, 6.45) is 1.26. The number of ether oxygens (including phenoxy) is 2. The molecule has 0 bridgehead atoms. The molecule has 9 nitrogen and oxygen atoms in total. The van der Waals surface area contributed by atoms with E-state index in [0.29, 0.717) is 5.75 Å². The van der Waals surface area contributed by atoms with Crippen molar-refractivity contribution in [2.75, 3.05) is 31.3 Å². The predicted octanol–water partition coefficient (Wildman–Crippen LogP) is 4.02. The van der Waals surface area contributed by atoms with Gasteiger partial charge < -0.3 is 19.7 Å². The second-order valence-corrected chi connectivity index (χ2v) is 12.7. The van der Waals surface area contributed by atoms with Crippen LogP contribution in [0.5, 0.6) is 11.5 Å². The Labute approximate surface area is 243 Å². The van der Waals surface area contributed by atoms with Crippen LogP contribution in [0.25, 0.3) is 0 Å². The van der Waals surface area contributed by atoms with Crippen molar-refractivity contribution in [1.29, 1.82) is 0 Å². The van der Waals surface area contributed by atoms with Crippen LogP contribution in [0.4, 0.5) is 5.69 Å². The number of nitrogens with zero attached hydrogens (tertiary/aromatic N) is 2. The number of nitrogens with one attached hydrogen (secondary N) is 1. The second kappa shape index (κ2) is 13.5. The molecule has 3 aromatic rings. The van der Waals surface area contributed by atoms with Crippen LogP contribution in [-0.2, 0) is 32.6 Å². The fourth-order valence-electron chi connectivity index (χ4n) is 4.37. The normalized spacial score (nSPS) is 12.2. The number of hydrogen-bond donors (Lipinski definition) is 1. The summed E-state index contributed by atoms with van der Waals surface area (Å²) in [5.74, 6) is -0.232. The highest BCUT2D eigenvalue weighted by Crippen LogP contribution is 2.34. The summed E-state index contributed by atoms with van der Waals surface area (Å²) in [5.41, 5.74) is 1.26. The molecule has 10 heteroatoms. The Bertz CT molecular complexity index is 1420. The van der Waals surface area contributed by atoms with Gasteiger partial charge in [0.1, 0.15) is 24.1 Å². The molecule has 0 aromatic heterocycles. The zero-order valence-corrected chi connectivity index (χ0v) is 25.3. The first-order valence-corrected chi connectivity index (χ1v) is 15.1. The van der Waals surface area contributed by atoms with Crippen LogP contribution in [0, 0.1) is 0 Å². The van der Waals surface area contributed by atoms with Gasteiger partial charge in [-0.25, -0.2) is 8.42 Å². The molecule has 3 rings (SSSR count). The van der Waals surface area contributed by atoms with Crippen LogP contribution in [0.15, 0.2) is 78.9 Å². The first-order chi connectivity index (χ1) is 19.3. The lowest BCUT2D eigenvalue weighted by Crippen LogP contribution is -2.56. The van der Waals surface area contributed by atoms with E-state index in [-0.39, 0.29) is 30.3 Å². The number of benzene rings is 3. The molecule has 0 aliphatic carbocycles. The Balaban J connectivity index is 2.10. The van der Waals surface area contributed by atoms with Gasteiger partial charge in [-0.05, 0) is 44.0 Å². The minimum absolute atomic E-state index is 0.0988. The second-order valence-electron chi connectivity index (χ2n) is 10.8. The average molecular weight is 582 g/mol. The Kier molecular flexibility index (Phi) is 10.4. The van der Waals surface area contributed by atoms with Crippen molar-refractivity contribution < 1.29 is 27.5 Å². The minimum atomic E-state index is -3.96. The zero-order valence-electron chi connectivity index (χ0n) is 24.5. The van der Waals surface area contributed by atoms with E-state index < -0.39 is 34.1 Å². The molecule has 0 unspecified atom stereocenters. The van der Waals surface area contributed by atoms with Gasteiger partial charge in [0, 0.05) is 24.6 Å². The van der Waals surface area contributed by atoms with Gasteiger partial charge in [0.05, 0.1) is 26.2 Å². The number of methoxy groups -OCH3 is 2. The van der Waals surface area contributed by atoms with E-state index in [0.717, 1.165) is 21.7 Å². The van der Waals surface area contributed by atoms with Crippen LogP contribution in [0.1, 0.15) is 31.9 Å². The lowest BCUT2D eigenvalue weighted by Gasteiger charge is -2.35. The van der Waals surface area contributed by atoms with Crippen molar-refractivity contribution in [2.24, 2.45) is 0 Å². The molecule has 0 fully saturated rings. The molecule has 0 saturated carbocycles. The van der Waals surface area contributed by atoms with E-state index in [1.54, 1.807) is 12.1 Å². The van der Waals surface area contributed by atoms with Crippen molar-refractivity contribution >= 4 is 27.5 Å². The van der Waals surface area contributed by atoms with E-state index in [4.69, 9.17) is 9.47 Å². The highest BCUT2D eigenvalue weighted by Gasteiger charge is 2.35. The van der Waals surface area contributed by atoms with Crippen molar-refractivity contribution in [3.63, 3.8) is 0 Å². The lowest BCUT2D eigenvalue weighted by atomic mass is 10.0. The summed E-state index contributed by atoms with van der Waals surface area (Å²) in [7, 11) is -1.08. The van der Waals surface area contributed by atoms with Gasteiger partial charge in [-0.2, -0.15) is 0 Å². The lowest BCUT2D eigenvalue weighted by molar-refractivity contribution is -0.140. The first-order valence-electron chi connectivity index (χ1n) is 13.2. The van der Waals surface area contributed by atoms with E-state index >= 15 is 0 Å². The van der Waals surface area contributed by atoms with Crippen molar-refractivity contribution in [1.82, 2.24) is 10.2 Å². The maximum atomic E-state index is 14.2. The number of sulfonamides is 1. The topological polar surface area (TPSA) is 105 Å². The summed E-state index contributed by atoms with van der Waals surface area (Å²) in [6, 6.07) is 22.5. The van der Waals surface area contributed by atoms with Gasteiger partial charge >= 0.3 is 0 Å². The van der Waals surface area contributed by atoms with Gasteiger partial charge in [0.25, 0.3) is 0 Å². The van der Waals surface area contributed by atoms with Crippen molar-refractivity contribution in [2.45, 2.75) is 45.3 Å². The molecule has 3 aromatic carbocycles. The number of hydrogen-bond acceptors (Lipinski definition) is 6. The van der Waals surface area contributed by atoms with Crippen molar-refractivity contribution in [3.05, 3.63) is 90.0 Å². The van der Waals surface area contributed by atoms with Gasteiger partial charge in [0.2, 0.25) is 21.8 Å². The monoisotopic (exact) mass is 581 g/mol. The molecule has 2 amide bonds. The smallest absolute Gasteiger partial charge is 0.244 e. The summed E-state index contributed by atoms with van der Waals surface area (Å²) in [4.78, 5) is 29.4. The van der Waals surface area contributed by atoms with E-state index in [2.05, 4.69) is 5.32 Å². The maximum Gasteiger partial charge on any atom is 0.244 e. The highest BCUT2D eigenvalue weighted by molar-refractivity contribution is 7.92. The first kappa shape index (κ1) is 31.5. The third-order valence-electron chi connectivity index (χ3n) is 6.30. The summed E-state index contributed by atoms with van der Waals surface area (Å²) in [5, 5.41) is 3.01. The van der Waals surface area contributed by atoms with Crippen LogP contribution in [0.3, 0.4) is 0 Å². The van der Waals surface area contributed by atoms with Gasteiger partial charge in [-0.1, -0.05) is 60.7 Å². The molecule has 0 aliphatic heterocycles. The van der Waals surface area contributed by atoms with E-state index in [1.807, 2.05) is 81.4 Å². The SMILES string of the molecule is COc1ccc(OC)c(N(CC(=O)N(Cc2ccccc2)[C@H](Cc2ccccc2)C(=O)NC(C)(C)C)S(C)(=O)=O)c1. The summed E-state index contributed by atoms with van der Waals surface area (Å²) < 4.78 is 37.9. The molecule has 0 heterocycles. The molecule has 0 radical (unpaired) electrons. The van der Waals surface area contributed by atoms with Gasteiger partial charge in [-0.15, -0.1) is 0 Å². The highest BCUT2D eigenvalue weighted by atomic mass is 32.2. The Morgan fingerprint density at radius 1 is 0.878 bits per heavy atom. The molecule has 220 valence electrons.